The Bertz CT molecular complexity index is 757. The predicted molar refractivity (Wildman–Crippen MR) is 115 cm³/mol. The SMILES string of the molecule is CCCc1c(Cl)cccc1C1=NCC(C)(C)N1.COc1ccc(Br)cc1. The van der Waals surface area contributed by atoms with Gasteiger partial charge in [-0.3, -0.25) is 4.99 Å². The lowest BCUT2D eigenvalue weighted by atomic mass is 10.0. The highest BCUT2D eigenvalue weighted by atomic mass is 79.9. The Kier molecular flexibility index (Phi) is 7.54. The van der Waals surface area contributed by atoms with Crippen LogP contribution in [0.25, 0.3) is 0 Å². The molecule has 1 aliphatic rings. The van der Waals surface area contributed by atoms with Gasteiger partial charge in [-0.15, -0.1) is 0 Å². The number of hydrogen-bond donors (Lipinski definition) is 1. The minimum absolute atomic E-state index is 0.0567. The van der Waals surface area contributed by atoms with E-state index in [1.54, 1.807) is 7.11 Å². The van der Waals surface area contributed by atoms with Crippen molar-refractivity contribution < 1.29 is 4.74 Å². The molecule has 140 valence electrons. The number of aliphatic imine (C=N–C) groups is 1. The van der Waals surface area contributed by atoms with Crippen molar-refractivity contribution in [2.75, 3.05) is 13.7 Å². The molecule has 0 unspecified atom stereocenters. The van der Waals surface area contributed by atoms with Crippen molar-refractivity contribution in [2.45, 2.75) is 39.2 Å². The topological polar surface area (TPSA) is 33.6 Å². The molecule has 0 spiro atoms. The van der Waals surface area contributed by atoms with Crippen LogP contribution in [0.2, 0.25) is 5.02 Å². The van der Waals surface area contributed by atoms with Gasteiger partial charge in [-0.1, -0.05) is 53.0 Å². The summed E-state index contributed by atoms with van der Waals surface area (Å²) in [4.78, 5) is 4.59. The molecule has 1 aliphatic heterocycles. The Morgan fingerprint density at radius 2 is 1.88 bits per heavy atom. The molecule has 1 heterocycles. The largest absolute Gasteiger partial charge is 0.497 e. The van der Waals surface area contributed by atoms with Gasteiger partial charge < -0.3 is 10.1 Å². The van der Waals surface area contributed by atoms with E-state index in [0.717, 1.165) is 46.0 Å². The van der Waals surface area contributed by atoms with E-state index >= 15 is 0 Å². The average molecular weight is 438 g/mol. The molecule has 1 N–H and O–H groups in total. The van der Waals surface area contributed by atoms with Crippen molar-refractivity contribution in [1.82, 2.24) is 5.32 Å². The Labute approximate surface area is 170 Å². The van der Waals surface area contributed by atoms with Gasteiger partial charge in [-0.05, 0) is 56.2 Å². The van der Waals surface area contributed by atoms with Crippen molar-refractivity contribution in [3.63, 3.8) is 0 Å². The van der Waals surface area contributed by atoms with Crippen LogP contribution >= 0.6 is 27.5 Å². The van der Waals surface area contributed by atoms with Crippen molar-refractivity contribution in [1.29, 1.82) is 0 Å². The van der Waals surface area contributed by atoms with Gasteiger partial charge in [0.25, 0.3) is 0 Å². The fourth-order valence-corrected chi connectivity index (χ4v) is 3.22. The van der Waals surface area contributed by atoms with E-state index in [1.807, 2.05) is 36.4 Å². The number of nitrogens with zero attached hydrogens (tertiary/aromatic N) is 1. The fraction of sp³-hybridized carbons (Fsp3) is 0.381. The quantitative estimate of drug-likeness (QED) is 0.648. The summed E-state index contributed by atoms with van der Waals surface area (Å²) in [5.74, 6) is 1.87. The summed E-state index contributed by atoms with van der Waals surface area (Å²) < 4.78 is 6.02. The number of benzene rings is 2. The summed E-state index contributed by atoms with van der Waals surface area (Å²) in [5, 5.41) is 4.31. The third kappa shape index (κ3) is 5.75. The first-order valence-electron chi connectivity index (χ1n) is 8.76. The number of ether oxygens (including phenoxy) is 1. The molecule has 5 heteroatoms. The molecule has 0 atom stereocenters. The summed E-state index contributed by atoms with van der Waals surface area (Å²) >= 11 is 9.59. The highest BCUT2D eigenvalue weighted by molar-refractivity contribution is 9.10. The maximum Gasteiger partial charge on any atom is 0.129 e. The monoisotopic (exact) mass is 436 g/mol. The maximum atomic E-state index is 6.27. The molecule has 0 aliphatic carbocycles. The van der Waals surface area contributed by atoms with Gasteiger partial charge in [0, 0.05) is 15.1 Å². The zero-order valence-electron chi connectivity index (χ0n) is 15.8. The first kappa shape index (κ1) is 20.8. The van der Waals surface area contributed by atoms with Gasteiger partial charge in [0.1, 0.15) is 11.6 Å². The third-order valence-electron chi connectivity index (χ3n) is 4.01. The summed E-state index contributed by atoms with van der Waals surface area (Å²) in [7, 11) is 1.66. The van der Waals surface area contributed by atoms with E-state index in [2.05, 4.69) is 53.1 Å². The van der Waals surface area contributed by atoms with Crippen LogP contribution in [0, 0.1) is 0 Å². The first-order chi connectivity index (χ1) is 12.4. The lowest BCUT2D eigenvalue weighted by Crippen LogP contribution is -2.40. The van der Waals surface area contributed by atoms with E-state index in [-0.39, 0.29) is 5.54 Å². The van der Waals surface area contributed by atoms with Crippen LogP contribution in [0.1, 0.15) is 38.3 Å². The van der Waals surface area contributed by atoms with Gasteiger partial charge in [0.15, 0.2) is 0 Å². The molecule has 0 saturated carbocycles. The van der Waals surface area contributed by atoms with E-state index in [9.17, 15) is 0 Å². The molecule has 3 rings (SSSR count). The molecule has 26 heavy (non-hydrogen) atoms. The molecule has 3 nitrogen and oxygen atoms in total. The number of methoxy groups -OCH3 is 1. The lowest BCUT2D eigenvalue weighted by molar-refractivity contribution is 0.414. The molecule has 2 aromatic rings. The van der Waals surface area contributed by atoms with E-state index in [4.69, 9.17) is 16.3 Å². The minimum Gasteiger partial charge on any atom is -0.497 e. The lowest BCUT2D eigenvalue weighted by Gasteiger charge is -2.19. The van der Waals surface area contributed by atoms with Gasteiger partial charge >= 0.3 is 0 Å². The first-order valence-corrected chi connectivity index (χ1v) is 9.93. The molecule has 0 fully saturated rings. The second kappa shape index (κ2) is 9.43. The molecule has 0 saturated heterocycles. The molecule has 0 bridgehead atoms. The highest BCUT2D eigenvalue weighted by Crippen LogP contribution is 2.24. The number of halogens is 2. The van der Waals surface area contributed by atoms with Crippen molar-refractivity contribution >= 4 is 33.4 Å². The van der Waals surface area contributed by atoms with Crippen molar-refractivity contribution in [2.24, 2.45) is 4.99 Å². The van der Waals surface area contributed by atoms with E-state index in [0.29, 0.717) is 0 Å². The van der Waals surface area contributed by atoms with Crippen molar-refractivity contribution in [3.8, 4) is 5.75 Å². The van der Waals surface area contributed by atoms with Crippen LogP contribution in [0.3, 0.4) is 0 Å². The van der Waals surface area contributed by atoms with Gasteiger partial charge in [-0.2, -0.15) is 0 Å². The van der Waals surface area contributed by atoms with Crippen molar-refractivity contribution in [3.05, 3.63) is 63.1 Å². The summed E-state index contributed by atoms with van der Waals surface area (Å²) in [6.07, 6.45) is 2.09. The predicted octanol–water partition coefficient (Wildman–Crippen LogP) is 5.88. The zero-order chi connectivity index (χ0) is 19.2. The fourth-order valence-electron chi connectivity index (χ4n) is 2.68. The second-order valence-electron chi connectivity index (χ2n) is 6.85. The molecule has 0 amide bonds. The van der Waals surface area contributed by atoms with Crippen LogP contribution in [0.15, 0.2) is 51.9 Å². The van der Waals surface area contributed by atoms with Gasteiger partial charge in [-0.25, -0.2) is 0 Å². The van der Waals surface area contributed by atoms with Gasteiger partial charge in [0.2, 0.25) is 0 Å². The number of hydrogen-bond acceptors (Lipinski definition) is 3. The van der Waals surface area contributed by atoms with Crippen LogP contribution in [0.5, 0.6) is 5.75 Å². The van der Waals surface area contributed by atoms with Crippen LogP contribution in [0.4, 0.5) is 0 Å². The van der Waals surface area contributed by atoms with Gasteiger partial charge in [0.05, 0.1) is 19.2 Å². The smallest absolute Gasteiger partial charge is 0.129 e. The number of nitrogens with one attached hydrogen (secondary N) is 1. The Hall–Kier alpha value is -1.52. The third-order valence-corrected chi connectivity index (χ3v) is 4.90. The summed E-state index contributed by atoms with van der Waals surface area (Å²) in [6, 6.07) is 13.7. The Morgan fingerprint density at radius 1 is 1.19 bits per heavy atom. The minimum atomic E-state index is 0.0567. The normalized spacial score (nSPS) is 14.8. The molecular weight excluding hydrogens is 412 g/mol. The Balaban J connectivity index is 0.000000228. The molecule has 0 aromatic heterocycles. The maximum absolute atomic E-state index is 6.27. The van der Waals surface area contributed by atoms with Crippen LogP contribution in [-0.4, -0.2) is 25.0 Å². The zero-order valence-corrected chi connectivity index (χ0v) is 18.1. The molecular formula is C21H26BrClN2O. The Morgan fingerprint density at radius 3 is 2.42 bits per heavy atom. The number of amidine groups is 1. The van der Waals surface area contributed by atoms with E-state index < -0.39 is 0 Å². The summed E-state index contributed by atoms with van der Waals surface area (Å²) in [5.41, 5.74) is 2.42. The summed E-state index contributed by atoms with van der Waals surface area (Å²) in [6.45, 7) is 7.31. The van der Waals surface area contributed by atoms with E-state index in [1.165, 1.54) is 5.56 Å². The number of rotatable bonds is 4. The average Bonchev–Trinajstić information content (AvgIpc) is 2.98. The molecule has 2 aromatic carbocycles. The standard InChI is InChI=1S/C14H19ClN2.C7H7BrO/c1-4-6-10-11(7-5-8-12(10)15)13-16-9-14(2,3)17-13;1-9-7-4-2-6(8)3-5-7/h5,7-8H,4,6,9H2,1-3H3,(H,16,17);2-5H,1H3. The highest BCUT2D eigenvalue weighted by Gasteiger charge is 2.26. The van der Waals surface area contributed by atoms with Crippen LogP contribution < -0.4 is 10.1 Å². The van der Waals surface area contributed by atoms with Crippen LogP contribution in [-0.2, 0) is 6.42 Å². The second-order valence-corrected chi connectivity index (χ2v) is 8.17. The molecule has 0 radical (unpaired) electrons.